The first-order valence-electron chi connectivity index (χ1n) is 8.32. The van der Waals surface area contributed by atoms with E-state index in [0.29, 0.717) is 0 Å². The topological polar surface area (TPSA) is 47.7 Å². The molecule has 0 bridgehead atoms. The van der Waals surface area contributed by atoms with Crippen LogP contribution in [0.4, 0.5) is 4.39 Å². The van der Waals surface area contributed by atoms with Gasteiger partial charge in [0.05, 0.1) is 20.9 Å². The number of nitrogens with two attached hydrogens (primary N) is 1. The molecule has 0 unspecified atom stereocenters. The van der Waals surface area contributed by atoms with Crippen molar-refractivity contribution in [2.45, 2.75) is 32.6 Å². The number of alkyl halides is 1. The van der Waals surface area contributed by atoms with E-state index in [0.717, 1.165) is 17.9 Å². The molecule has 0 aliphatic carbocycles. The Morgan fingerprint density at radius 1 is 1.09 bits per heavy atom. The van der Waals surface area contributed by atoms with Crippen molar-refractivity contribution in [1.82, 2.24) is 4.90 Å². The number of methoxy groups -OCH3 is 2. The molecule has 4 nitrogen and oxygen atoms in total. The monoisotopic (exact) mass is 328 g/mol. The second kappa shape index (κ2) is 14.3. The lowest BCUT2D eigenvalue weighted by Gasteiger charge is -2.14. The summed E-state index contributed by atoms with van der Waals surface area (Å²) in [5.41, 5.74) is 5.83. The molecule has 1 aromatic carbocycles. The van der Waals surface area contributed by atoms with Gasteiger partial charge in [-0.2, -0.15) is 0 Å². The van der Waals surface area contributed by atoms with Crippen LogP contribution in [-0.2, 0) is 6.42 Å². The number of ether oxygens (including phenoxy) is 2. The summed E-state index contributed by atoms with van der Waals surface area (Å²) in [7, 11) is 4.86. The fourth-order valence-electron chi connectivity index (χ4n) is 2.55. The normalized spacial score (nSPS) is 13.5. The van der Waals surface area contributed by atoms with Crippen LogP contribution < -0.4 is 15.2 Å². The molecule has 1 aliphatic heterocycles. The summed E-state index contributed by atoms with van der Waals surface area (Å²) in [6.07, 6.45) is 5.07. The van der Waals surface area contributed by atoms with E-state index in [9.17, 15) is 4.39 Å². The molecule has 2 rings (SSSR count). The lowest BCUT2D eigenvalue weighted by Crippen LogP contribution is -2.20. The molecule has 1 aromatic rings. The molecule has 0 atom stereocenters. The molecular formula is C18H33FN2O2. The van der Waals surface area contributed by atoms with Gasteiger partial charge < -0.3 is 20.1 Å². The van der Waals surface area contributed by atoms with Gasteiger partial charge in [-0.15, -0.1) is 0 Å². The molecule has 0 radical (unpaired) electrons. The molecule has 0 spiro atoms. The highest BCUT2D eigenvalue weighted by molar-refractivity contribution is 5.42. The Balaban J connectivity index is 0.000000868. The Kier molecular flexibility index (Phi) is 13.4. The number of aryl methyl sites for hydroxylation is 1. The second-order valence-corrected chi connectivity index (χ2v) is 5.11. The third-order valence-electron chi connectivity index (χ3n) is 3.59. The average molecular weight is 328 g/mol. The third kappa shape index (κ3) is 8.77. The fourth-order valence-corrected chi connectivity index (χ4v) is 2.55. The Morgan fingerprint density at radius 3 is 2.17 bits per heavy atom. The van der Waals surface area contributed by atoms with Crippen LogP contribution >= 0.6 is 0 Å². The van der Waals surface area contributed by atoms with E-state index in [4.69, 9.17) is 9.47 Å². The molecular weight excluding hydrogens is 295 g/mol. The Labute approximate surface area is 140 Å². The minimum absolute atomic E-state index is 0.250. The molecule has 0 saturated carbocycles. The van der Waals surface area contributed by atoms with Crippen molar-refractivity contribution in [3.05, 3.63) is 23.8 Å². The molecule has 0 aromatic heterocycles. The van der Waals surface area contributed by atoms with Crippen LogP contribution in [0.25, 0.3) is 0 Å². The average Bonchev–Trinajstić information content (AvgIpc) is 3.10. The molecule has 1 saturated heterocycles. The summed E-state index contributed by atoms with van der Waals surface area (Å²) < 4.78 is 20.9. The van der Waals surface area contributed by atoms with Gasteiger partial charge in [-0.25, -0.2) is 0 Å². The van der Waals surface area contributed by atoms with Crippen molar-refractivity contribution >= 4 is 0 Å². The Morgan fingerprint density at radius 2 is 1.65 bits per heavy atom. The SMILES string of the molecule is CCF.CN.COc1ccc(CCCN2CCCC2)cc1OC. The summed E-state index contributed by atoms with van der Waals surface area (Å²) in [4.78, 5) is 2.56. The van der Waals surface area contributed by atoms with Gasteiger partial charge in [-0.3, -0.25) is 4.39 Å². The largest absolute Gasteiger partial charge is 0.493 e. The summed E-state index contributed by atoms with van der Waals surface area (Å²) in [6, 6.07) is 6.21. The van der Waals surface area contributed by atoms with E-state index in [1.807, 2.05) is 6.07 Å². The van der Waals surface area contributed by atoms with Gasteiger partial charge in [-0.05, 0) is 77.0 Å². The predicted molar refractivity (Wildman–Crippen MR) is 95.3 cm³/mol. The van der Waals surface area contributed by atoms with Crippen molar-refractivity contribution < 1.29 is 13.9 Å². The molecule has 2 N–H and O–H groups in total. The first-order chi connectivity index (χ1) is 11.2. The summed E-state index contributed by atoms with van der Waals surface area (Å²) >= 11 is 0. The summed E-state index contributed by atoms with van der Waals surface area (Å²) in [5.74, 6) is 1.64. The number of benzene rings is 1. The molecule has 0 amide bonds. The van der Waals surface area contributed by atoms with Crippen molar-refractivity contribution in [1.29, 1.82) is 0 Å². The maximum absolute atomic E-state index is 10.3. The fraction of sp³-hybridized carbons (Fsp3) is 0.667. The van der Waals surface area contributed by atoms with Gasteiger partial charge in [-0.1, -0.05) is 6.07 Å². The highest BCUT2D eigenvalue weighted by Crippen LogP contribution is 2.28. The van der Waals surface area contributed by atoms with Crippen molar-refractivity contribution in [2.24, 2.45) is 5.73 Å². The number of rotatable bonds is 6. The standard InChI is InChI=1S/C15H23NO2.C2H5F.CH5N/c1-17-14-8-7-13(12-15(14)18-2)6-5-11-16-9-3-4-10-16;1-2-3;1-2/h7-8,12H,3-6,9-11H2,1-2H3;2H2,1H3;2H2,1H3. The molecule has 1 fully saturated rings. The van der Waals surface area contributed by atoms with Gasteiger partial charge in [0.25, 0.3) is 0 Å². The highest BCUT2D eigenvalue weighted by Gasteiger charge is 2.10. The zero-order chi connectivity index (χ0) is 17.5. The maximum Gasteiger partial charge on any atom is 0.160 e. The van der Waals surface area contributed by atoms with Gasteiger partial charge >= 0.3 is 0 Å². The molecule has 23 heavy (non-hydrogen) atoms. The Hall–Kier alpha value is -1.33. The smallest absolute Gasteiger partial charge is 0.160 e. The summed E-state index contributed by atoms with van der Waals surface area (Å²) in [5, 5.41) is 0. The van der Waals surface area contributed by atoms with Gasteiger partial charge in [0.15, 0.2) is 11.5 Å². The Bertz CT molecular complexity index is 397. The molecule has 1 aliphatic rings. The van der Waals surface area contributed by atoms with Gasteiger partial charge in [0, 0.05) is 0 Å². The lowest BCUT2D eigenvalue weighted by atomic mass is 10.1. The minimum atomic E-state index is -0.250. The van der Waals surface area contributed by atoms with Crippen molar-refractivity contribution in [2.75, 3.05) is 47.6 Å². The zero-order valence-corrected chi connectivity index (χ0v) is 15.1. The number of likely N-dealkylation sites (tertiary alicyclic amines) is 1. The maximum atomic E-state index is 10.3. The highest BCUT2D eigenvalue weighted by atomic mass is 19.1. The number of nitrogens with zero attached hydrogens (tertiary/aromatic N) is 1. The zero-order valence-electron chi connectivity index (χ0n) is 15.1. The first-order valence-corrected chi connectivity index (χ1v) is 8.32. The van der Waals surface area contributed by atoms with Gasteiger partial charge in [0.1, 0.15) is 0 Å². The van der Waals surface area contributed by atoms with Crippen LogP contribution in [0.5, 0.6) is 11.5 Å². The molecule has 1 heterocycles. The van der Waals surface area contributed by atoms with Crippen molar-refractivity contribution in [3.63, 3.8) is 0 Å². The van der Waals surface area contributed by atoms with Crippen LogP contribution in [0, 0.1) is 0 Å². The van der Waals surface area contributed by atoms with Crippen LogP contribution in [0.1, 0.15) is 31.7 Å². The van der Waals surface area contributed by atoms with Crippen LogP contribution in [0.15, 0.2) is 18.2 Å². The van der Waals surface area contributed by atoms with Crippen LogP contribution in [0.2, 0.25) is 0 Å². The van der Waals surface area contributed by atoms with Crippen molar-refractivity contribution in [3.8, 4) is 11.5 Å². The third-order valence-corrected chi connectivity index (χ3v) is 3.59. The lowest BCUT2D eigenvalue weighted by molar-refractivity contribution is 0.333. The van der Waals surface area contributed by atoms with Crippen LogP contribution in [0.3, 0.4) is 0 Å². The van der Waals surface area contributed by atoms with E-state index < -0.39 is 0 Å². The first kappa shape index (κ1) is 21.7. The quantitative estimate of drug-likeness (QED) is 0.870. The van der Waals surface area contributed by atoms with E-state index in [-0.39, 0.29) is 6.67 Å². The number of hydrogen-bond donors (Lipinski definition) is 1. The minimum Gasteiger partial charge on any atom is -0.493 e. The van der Waals surface area contributed by atoms with Gasteiger partial charge in [0.2, 0.25) is 0 Å². The van der Waals surface area contributed by atoms with E-state index in [1.165, 1.54) is 58.4 Å². The predicted octanol–water partition coefficient (Wildman–Crippen LogP) is 3.28. The number of halogens is 1. The van der Waals surface area contributed by atoms with E-state index in [2.05, 4.69) is 22.8 Å². The molecule has 134 valence electrons. The van der Waals surface area contributed by atoms with E-state index >= 15 is 0 Å². The number of hydrogen-bond acceptors (Lipinski definition) is 4. The second-order valence-electron chi connectivity index (χ2n) is 5.11. The molecule has 5 heteroatoms. The van der Waals surface area contributed by atoms with Crippen LogP contribution in [-0.4, -0.2) is 52.5 Å². The van der Waals surface area contributed by atoms with E-state index in [1.54, 1.807) is 14.2 Å². The summed E-state index contributed by atoms with van der Waals surface area (Å²) in [6.45, 7) is 4.99.